The molecule has 0 N–H and O–H groups in total. The molecule has 0 spiro atoms. The summed E-state index contributed by atoms with van der Waals surface area (Å²) in [7, 11) is 0. The lowest BCUT2D eigenvalue weighted by molar-refractivity contribution is -0.137. The Morgan fingerprint density at radius 2 is 1.94 bits per heavy atom. The minimum atomic E-state index is -4.29. The standard InChI is InChI=1S/C15H18F3/c1-4-6-7-12-8-13(11(3)5-2)10-14(9-12)15(16,17)18/h5,8-10H,2,4,6-7H2,1,3H3. The van der Waals surface area contributed by atoms with Crippen LogP contribution in [-0.4, -0.2) is 0 Å². The molecule has 0 heterocycles. The van der Waals surface area contributed by atoms with Gasteiger partial charge in [0, 0.05) is 5.92 Å². The number of hydrogen-bond donors (Lipinski definition) is 0. The van der Waals surface area contributed by atoms with Crippen molar-refractivity contribution >= 4 is 0 Å². The van der Waals surface area contributed by atoms with Gasteiger partial charge in [-0.1, -0.05) is 32.4 Å². The van der Waals surface area contributed by atoms with Gasteiger partial charge in [-0.25, -0.2) is 0 Å². The number of alkyl halides is 3. The van der Waals surface area contributed by atoms with Crippen molar-refractivity contribution in [3.63, 3.8) is 0 Å². The maximum absolute atomic E-state index is 12.8. The zero-order valence-electron chi connectivity index (χ0n) is 10.8. The number of rotatable bonds is 5. The highest BCUT2D eigenvalue weighted by atomic mass is 19.4. The monoisotopic (exact) mass is 255 g/mol. The minimum absolute atomic E-state index is 0.577. The lowest BCUT2D eigenvalue weighted by Crippen LogP contribution is -2.07. The first-order valence-electron chi connectivity index (χ1n) is 6.06. The van der Waals surface area contributed by atoms with E-state index in [4.69, 9.17) is 0 Å². The molecule has 18 heavy (non-hydrogen) atoms. The van der Waals surface area contributed by atoms with Crippen LogP contribution in [0.25, 0.3) is 0 Å². The topological polar surface area (TPSA) is 0 Å². The Morgan fingerprint density at radius 3 is 2.44 bits per heavy atom. The quantitative estimate of drug-likeness (QED) is 0.680. The first-order chi connectivity index (χ1) is 8.38. The number of hydrogen-bond acceptors (Lipinski definition) is 0. The van der Waals surface area contributed by atoms with E-state index in [0.29, 0.717) is 12.0 Å². The van der Waals surface area contributed by atoms with E-state index in [0.717, 1.165) is 24.3 Å². The van der Waals surface area contributed by atoms with E-state index in [9.17, 15) is 13.2 Å². The summed E-state index contributed by atoms with van der Waals surface area (Å²) in [5.41, 5.74) is 0.765. The van der Waals surface area contributed by atoms with Gasteiger partial charge < -0.3 is 0 Å². The van der Waals surface area contributed by atoms with E-state index >= 15 is 0 Å². The van der Waals surface area contributed by atoms with Crippen LogP contribution in [0.15, 0.2) is 30.9 Å². The molecule has 3 heteroatoms. The predicted octanol–water partition coefficient (Wildman–Crippen LogP) is 5.18. The molecule has 1 rings (SSSR count). The highest BCUT2D eigenvalue weighted by Gasteiger charge is 2.31. The summed E-state index contributed by atoms with van der Waals surface area (Å²) in [5, 5.41) is 0. The van der Waals surface area contributed by atoms with E-state index in [1.807, 2.05) is 13.0 Å². The summed E-state index contributed by atoms with van der Waals surface area (Å²) < 4.78 is 38.4. The van der Waals surface area contributed by atoms with E-state index in [1.165, 1.54) is 12.1 Å². The molecule has 0 bridgehead atoms. The molecule has 1 aromatic rings. The number of unbranched alkanes of at least 4 members (excludes halogenated alkanes) is 1. The largest absolute Gasteiger partial charge is 0.416 e. The number of halogens is 3. The van der Waals surface area contributed by atoms with Crippen LogP contribution in [0.4, 0.5) is 13.2 Å². The van der Waals surface area contributed by atoms with E-state index in [2.05, 4.69) is 6.58 Å². The third kappa shape index (κ3) is 3.90. The fourth-order valence-electron chi connectivity index (χ4n) is 1.73. The van der Waals surface area contributed by atoms with Gasteiger partial charge in [0.25, 0.3) is 0 Å². The van der Waals surface area contributed by atoms with Crippen molar-refractivity contribution < 1.29 is 13.2 Å². The Bertz CT molecular complexity index is 405. The third-order valence-electron chi connectivity index (χ3n) is 2.90. The molecule has 0 unspecified atom stereocenters. The molecule has 0 amide bonds. The van der Waals surface area contributed by atoms with Gasteiger partial charge in [-0.05, 0) is 36.1 Å². The van der Waals surface area contributed by atoms with Crippen molar-refractivity contribution in [2.45, 2.75) is 39.3 Å². The molecule has 0 nitrogen and oxygen atoms in total. The van der Waals surface area contributed by atoms with E-state index in [-0.39, 0.29) is 0 Å². The van der Waals surface area contributed by atoms with Crippen LogP contribution in [-0.2, 0) is 12.6 Å². The van der Waals surface area contributed by atoms with Crippen molar-refractivity contribution in [1.29, 1.82) is 0 Å². The van der Waals surface area contributed by atoms with Crippen molar-refractivity contribution in [3.05, 3.63) is 53.5 Å². The van der Waals surface area contributed by atoms with Crippen LogP contribution in [0.2, 0.25) is 0 Å². The summed E-state index contributed by atoms with van der Waals surface area (Å²) in [6.45, 7) is 7.40. The molecule has 0 aromatic heterocycles. The molecule has 1 radical (unpaired) electrons. The second kappa shape index (κ2) is 6.07. The molecular formula is C15H18F3. The van der Waals surface area contributed by atoms with E-state index < -0.39 is 11.7 Å². The number of allylic oxidation sites excluding steroid dienone is 1. The maximum Gasteiger partial charge on any atom is 0.416 e. The van der Waals surface area contributed by atoms with Crippen LogP contribution in [0.5, 0.6) is 0 Å². The molecule has 0 saturated carbocycles. The second-order valence-corrected chi connectivity index (χ2v) is 4.41. The number of benzene rings is 1. The summed E-state index contributed by atoms with van der Waals surface area (Å²) >= 11 is 0. The van der Waals surface area contributed by atoms with Gasteiger partial charge in [-0.15, -0.1) is 6.58 Å². The zero-order valence-corrected chi connectivity index (χ0v) is 10.8. The van der Waals surface area contributed by atoms with E-state index in [1.54, 1.807) is 13.0 Å². The molecule has 99 valence electrons. The molecule has 1 aromatic carbocycles. The lowest BCUT2D eigenvalue weighted by atomic mass is 9.94. The molecule has 0 fully saturated rings. The first kappa shape index (κ1) is 14.8. The Hall–Kier alpha value is -1.25. The van der Waals surface area contributed by atoms with Gasteiger partial charge in [0.1, 0.15) is 0 Å². The molecular weight excluding hydrogens is 237 g/mol. The van der Waals surface area contributed by atoms with Crippen molar-refractivity contribution in [2.24, 2.45) is 0 Å². The fourth-order valence-corrected chi connectivity index (χ4v) is 1.73. The average molecular weight is 255 g/mol. The molecule has 0 aliphatic heterocycles. The van der Waals surface area contributed by atoms with Gasteiger partial charge in [-0.2, -0.15) is 13.2 Å². The Labute approximate surface area is 107 Å². The smallest absolute Gasteiger partial charge is 0.166 e. The Morgan fingerprint density at radius 1 is 1.28 bits per heavy atom. The molecule has 0 saturated heterocycles. The summed E-state index contributed by atoms with van der Waals surface area (Å²) in [5.74, 6) is 0.763. The predicted molar refractivity (Wildman–Crippen MR) is 68.3 cm³/mol. The van der Waals surface area contributed by atoms with Crippen LogP contribution < -0.4 is 0 Å². The SMILES string of the molecule is C=C[C](C)c1cc(CCCC)cc(C(F)(F)F)c1. The minimum Gasteiger partial charge on any atom is -0.166 e. The van der Waals surface area contributed by atoms with Gasteiger partial charge in [0.05, 0.1) is 5.56 Å². The molecule has 0 aliphatic carbocycles. The third-order valence-corrected chi connectivity index (χ3v) is 2.90. The highest BCUT2D eigenvalue weighted by molar-refractivity contribution is 5.42. The summed E-state index contributed by atoms with van der Waals surface area (Å²) in [6.07, 6.45) is -0.168. The normalized spacial score (nSPS) is 11.9. The van der Waals surface area contributed by atoms with Gasteiger partial charge in [-0.3, -0.25) is 0 Å². The molecule has 0 atom stereocenters. The maximum atomic E-state index is 12.8. The van der Waals surface area contributed by atoms with Crippen LogP contribution >= 0.6 is 0 Å². The van der Waals surface area contributed by atoms with Crippen LogP contribution in [0, 0.1) is 5.92 Å². The lowest BCUT2D eigenvalue weighted by Gasteiger charge is -2.14. The molecule has 0 aliphatic rings. The van der Waals surface area contributed by atoms with Crippen molar-refractivity contribution in [2.75, 3.05) is 0 Å². The van der Waals surface area contributed by atoms with Gasteiger partial charge in [0.2, 0.25) is 0 Å². The summed E-state index contributed by atoms with van der Waals surface area (Å²) in [4.78, 5) is 0. The fraction of sp³-hybridized carbons (Fsp3) is 0.400. The number of aryl methyl sites for hydroxylation is 1. The average Bonchev–Trinajstić information content (AvgIpc) is 2.33. The first-order valence-corrected chi connectivity index (χ1v) is 6.06. The Kier molecular flexibility index (Phi) is 5.00. The van der Waals surface area contributed by atoms with Gasteiger partial charge >= 0.3 is 6.18 Å². The van der Waals surface area contributed by atoms with Crippen LogP contribution in [0.3, 0.4) is 0 Å². The van der Waals surface area contributed by atoms with Crippen molar-refractivity contribution in [1.82, 2.24) is 0 Å². The van der Waals surface area contributed by atoms with Gasteiger partial charge in [0.15, 0.2) is 0 Å². The van der Waals surface area contributed by atoms with Crippen LogP contribution in [0.1, 0.15) is 43.4 Å². The second-order valence-electron chi connectivity index (χ2n) is 4.41. The highest BCUT2D eigenvalue weighted by Crippen LogP contribution is 2.32. The summed E-state index contributed by atoms with van der Waals surface area (Å²) in [6, 6.07) is 4.25. The Balaban J connectivity index is 3.15. The zero-order chi connectivity index (χ0) is 13.8. The van der Waals surface area contributed by atoms with Crippen molar-refractivity contribution in [3.8, 4) is 0 Å².